The summed E-state index contributed by atoms with van der Waals surface area (Å²) in [4.78, 5) is 0. The Kier molecular flexibility index (Phi) is 2.64. The molecule has 1 aromatic heterocycles. The van der Waals surface area contributed by atoms with Gasteiger partial charge in [0.05, 0.1) is 13.3 Å². The van der Waals surface area contributed by atoms with Crippen LogP contribution in [-0.4, -0.2) is 0 Å². The quantitative estimate of drug-likeness (QED) is 0.591. The second-order valence-corrected chi connectivity index (χ2v) is 2.96. The molecule has 11 heavy (non-hydrogen) atoms. The lowest BCUT2D eigenvalue weighted by Gasteiger charge is -1.89. The minimum atomic E-state index is 1.01. The molecule has 1 rings (SSSR count). The molecule has 1 heteroatoms. The van der Waals surface area contributed by atoms with Gasteiger partial charge in [-0.2, -0.15) is 0 Å². The van der Waals surface area contributed by atoms with Gasteiger partial charge in [0.2, 0.25) is 0 Å². The Hall–Kier alpha value is -0.850. The van der Waals surface area contributed by atoms with Gasteiger partial charge in [-0.25, -0.2) is 4.42 Å². The van der Waals surface area contributed by atoms with Crippen molar-refractivity contribution >= 4 is 0 Å². The first kappa shape index (κ1) is 8.25. The summed E-state index contributed by atoms with van der Waals surface area (Å²) < 4.78 is 5.50. The number of aryl methyl sites for hydroxylation is 3. The standard InChI is InChI=1S/C10H15O/c1-4-5-10-7-8(2)6-9(3)11-10/h6-7H,4-5H2,1-3H3/q+1. The molecule has 1 nitrogen and oxygen atoms in total. The highest BCUT2D eigenvalue weighted by atomic mass is 16.3. The van der Waals surface area contributed by atoms with Crippen LogP contribution in [0.2, 0.25) is 0 Å². The van der Waals surface area contributed by atoms with Crippen LogP contribution in [0.5, 0.6) is 0 Å². The monoisotopic (exact) mass is 151 g/mol. The maximum absolute atomic E-state index is 5.50. The summed E-state index contributed by atoms with van der Waals surface area (Å²) in [6.45, 7) is 6.25. The molecule has 0 aliphatic rings. The van der Waals surface area contributed by atoms with E-state index in [2.05, 4.69) is 26.0 Å². The van der Waals surface area contributed by atoms with Gasteiger partial charge in [0.25, 0.3) is 0 Å². The fraction of sp³-hybridized carbons (Fsp3) is 0.500. The van der Waals surface area contributed by atoms with Gasteiger partial charge in [0, 0.05) is 12.1 Å². The van der Waals surface area contributed by atoms with Gasteiger partial charge >= 0.3 is 11.5 Å². The van der Waals surface area contributed by atoms with Crippen molar-refractivity contribution in [2.45, 2.75) is 33.6 Å². The molecule has 0 N–H and O–H groups in total. The average Bonchev–Trinajstić information content (AvgIpc) is 1.85. The first-order valence-corrected chi connectivity index (χ1v) is 4.12. The van der Waals surface area contributed by atoms with E-state index in [1.165, 1.54) is 5.56 Å². The van der Waals surface area contributed by atoms with Crippen LogP contribution in [0, 0.1) is 13.8 Å². The lowest BCUT2D eigenvalue weighted by atomic mass is 10.2. The Morgan fingerprint density at radius 1 is 1.27 bits per heavy atom. The van der Waals surface area contributed by atoms with Gasteiger partial charge in [0.1, 0.15) is 0 Å². The summed E-state index contributed by atoms with van der Waals surface area (Å²) in [5.41, 5.74) is 1.29. The Bertz CT molecular complexity index is 220. The Balaban J connectivity index is 2.89. The smallest absolute Gasteiger partial charge is 0.218 e. The van der Waals surface area contributed by atoms with Crippen LogP contribution in [0.1, 0.15) is 30.4 Å². The highest BCUT2D eigenvalue weighted by Gasteiger charge is 2.08. The number of hydrogen-bond donors (Lipinski definition) is 0. The van der Waals surface area contributed by atoms with Gasteiger partial charge in [0.15, 0.2) is 0 Å². The Morgan fingerprint density at radius 2 is 2.00 bits per heavy atom. The predicted octanol–water partition coefficient (Wildman–Crippen LogP) is 3.13. The topological polar surface area (TPSA) is 11.3 Å². The molecule has 0 amide bonds. The van der Waals surface area contributed by atoms with Crippen LogP contribution in [0.25, 0.3) is 0 Å². The predicted molar refractivity (Wildman–Crippen MR) is 46.6 cm³/mol. The minimum Gasteiger partial charge on any atom is -0.218 e. The van der Waals surface area contributed by atoms with Crippen molar-refractivity contribution in [1.82, 2.24) is 0 Å². The van der Waals surface area contributed by atoms with E-state index in [1.807, 2.05) is 6.92 Å². The molecule has 0 saturated heterocycles. The summed E-state index contributed by atoms with van der Waals surface area (Å²) in [6.07, 6.45) is 2.19. The molecule has 0 saturated carbocycles. The fourth-order valence-electron chi connectivity index (χ4n) is 1.25. The minimum absolute atomic E-state index is 1.01. The van der Waals surface area contributed by atoms with Crippen molar-refractivity contribution < 1.29 is 4.42 Å². The third kappa shape index (κ3) is 2.34. The van der Waals surface area contributed by atoms with E-state index in [9.17, 15) is 0 Å². The van der Waals surface area contributed by atoms with Crippen LogP contribution in [0.3, 0.4) is 0 Å². The van der Waals surface area contributed by atoms with Crippen molar-refractivity contribution in [1.29, 1.82) is 0 Å². The first-order chi connectivity index (χ1) is 5.22. The Labute approximate surface area is 68.1 Å². The van der Waals surface area contributed by atoms with Gasteiger partial charge in [-0.3, -0.25) is 0 Å². The Morgan fingerprint density at radius 3 is 2.55 bits per heavy atom. The summed E-state index contributed by atoms with van der Waals surface area (Å²) >= 11 is 0. The molecule has 0 radical (unpaired) electrons. The number of hydrogen-bond acceptors (Lipinski definition) is 0. The molecule has 0 unspecified atom stereocenters. The van der Waals surface area contributed by atoms with E-state index in [4.69, 9.17) is 4.42 Å². The maximum Gasteiger partial charge on any atom is 0.329 e. The molecule has 60 valence electrons. The third-order valence-corrected chi connectivity index (χ3v) is 1.61. The zero-order valence-electron chi connectivity index (χ0n) is 7.48. The van der Waals surface area contributed by atoms with Crippen LogP contribution in [0.15, 0.2) is 16.5 Å². The molecule has 1 aromatic rings. The molecular weight excluding hydrogens is 136 g/mol. The summed E-state index contributed by atoms with van der Waals surface area (Å²) in [5, 5.41) is 0. The summed E-state index contributed by atoms with van der Waals surface area (Å²) in [6, 6.07) is 4.16. The summed E-state index contributed by atoms with van der Waals surface area (Å²) in [5.74, 6) is 2.11. The first-order valence-electron chi connectivity index (χ1n) is 4.12. The van der Waals surface area contributed by atoms with E-state index in [-0.39, 0.29) is 0 Å². The average molecular weight is 151 g/mol. The fourth-order valence-corrected chi connectivity index (χ4v) is 1.25. The van der Waals surface area contributed by atoms with E-state index in [1.54, 1.807) is 0 Å². The zero-order valence-corrected chi connectivity index (χ0v) is 7.48. The van der Waals surface area contributed by atoms with Gasteiger partial charge in [-0.05, 0) is 18.9 Å². The van der Waals surface area contributed by atoms with E-state index in [0.29, 0.717) is 0 Å². The largest absolute Gasteiger partial charge is 0.329 e. The van der Waals surface area contributed by atoms with Crippen molar-refractivity contribution in [3.8, 4) is 0 Å². The second-order valence-electron chi connectivity index (χ2n) is 2.96. The van der Waals surface area contributed by atoms with Crippen molar-refractivity contribution in [2.24, 2.45) is 0 Å². The van der Waals surface area contributed by atoms with Crippen LogP contribution in [0.4, 0.5) is 0 Å². The summed E-state index contributed by atoms with van der Waals surface area (Å²) in [7, 11) is 0. The molecule has 0 bridgehead atoms. The van der Waals surface area contributed by atoms with E-state index < -0.39 is 0 Å². The number of rotatable bonds is 2. The van der Waals surface area contributed by atoms with Crippen LogP contribution < -0.4 is 0 Å². The lowest BCUT2D eigenvalue weighted by Crippen LogP contribution is -1.86. The van der Waals surface area contributed by atoms with Crippen molar-refractivity contribution in [2.75, 3.05) is 0 Å². The molecule has 0 spiro atoms. The molecule has 0 fully saturated rings. The van der Waals surface area contributed by atoms with Gasteiger partial charge in [-0.15, -0.1) is 0 Å². The van der Waals surface area contributed by atoms with E-state index in [0.717, 1.165) is 24.4 Å². The molecule has 1 heterocycles. The molecule has 0 atom stereocenters. The zero-order chi connectivity index (χ0) is 8.27. The van der Waals surface area contributed by atoms with E-state index >= 15 is 0 Å². The second kappa shape index (κ2) is 3.51. The maximum atomic E-state index is 5.50. The molecule has 0 aliphatic heterocycles. The SMILES string of the molecule is CCCc1cc(C)cc(C)[o+]1. The molecule has 0 aliphatic carbocycles. The highest BCUT2D eigenvalue weighted by molar-refractivity contribution is 5.15. The normalized spacial score (nSPS) is 10.1. The van der Waals surface area contributed by atoms with Crippen LogP contribution in [-0.2, 0) is 6.42 Å². The van der Waals surface area contributed by atoms with Crippen LogP contribution >= 0.6 is 0 Å². The van der Waals surface area contributed by atoms with Gasteiger partial charge in [-0.1, -0.05) is 6.92 Å². The van der Waals surface area contributed by atoms with Crippen molar-refractivity contribution in [3.05, 3.63) is 29.2 Å². The van der Waals surface area contributed by atoms with Gasteiger partial charge < -0.3 is 0 Å². The lowest BCUT2D eigenvalue weighted by molar-refractivity contribution is 0.461. The molecule has 0 aromatic carbocycles. The molecular formula is C10H15O+. The van der Waals surface area contributed by atoms with Crippen molar-refractivity contribution in [3.63, 3.8) is 0 Å². The highest BCUT2D eigenvalue weighted by Crippen LogP contribution is 2.10. The third-order valence-electron chi connectivity index (χ3n) is 1.61.